The number of amidine groups is 1. The van der Waals surface area contributed by atoms with Crippen LogP contribution in [0.15, 0.2) is 29.4 Å². The van der Waals surface area contributed by atoms with E-state index in [-0.39, 0.29) is 12.4 Å². The van der Waals surface area contributed by atoms with Crippen molar-refractivity contribution in [3.05, 3.63) is 24.3 Å². The Hall–Kier alpha value is -1.91. The Morgan fingerprint density at radius 1 is 1.40 bits per heavy atom. The summed E-state index contributed by atoms with van der Waals surface area (Å²) < 4.78 is 10.5. The standard InChI is InChI=1S/C10H14N2O3/c1-2-14-8-4-3-5-9(6-8)15-7-10(11)12-13/h3-6,13H,2,7H2,1H3,(H2,11,12). The maximum Gasteiger partial charge on any atom is 0.177 e. The predicted octanol–water partition coefficient (Wildman–Crippen LogP) is 1.21. The van der Waals surface area contributed by atoms with Gasteiger partial charge >= 0.3 is 0 Å². The van der Waals surface area contributed by atoms with Crippen molar-refractivity contribution in [3.8, 4) is 11.5 Å². The van der Waals surface area contributed by atoms with Gasteiger partial charge in [0.2, 0.25) is 0 Å². The Labute approximate surface area is 88.1 Å². The van der Waals surface area contributed by atoms with E-state index >= 15 is 0 Å². The highest BCUT2D eigenvalue weighted by molar-refractivity contribution is 5.81. The fourth-order valence-electron chi connectivity index (χ4n) is 1.01. The van der Waals surface area contributed by atoms with Gasteiger partial charge in [-0.3, -0.25) is 0 Å². The number of nitrogens with two attached hydrogens (primary N) is 1. The number of benzene rings is 1. The minimum absolute atomic E-state index is 0.0248. The van der Waals surface area contributed by atoms with Crippen molar-refractivity contribution in [3.63, 3.8) is 0 Å². The van der Waals surface area contributed by atoms with E-state index in [1.54, 1.807) is 12.1 Å². The minimum atomic E-state index is 0.0248. The fraction of sp³-hybridized carbons (Fsp3) is 0.300. The van der Waals surface area contributed by atoms with Gasteiger partial charge in [0.1, 0.15) is 18.1 Å². The third-order valence-corrected chi connectivity index (χ3v) is 1.63. The highest BCUT2D eigenvalue weighted by atomic mass is 16.5. The summed E-state index contributed by atoms with van der Waals surface area (Å²) in [6, 6.07) is 7.16. The molecule has 0 atom stereocenters. The van der Waals surface area contributed by atoms with Crippen LogP contribution in [0.5, 0.6) is 11.5 Å². The van der Waals surface area contributed by atoms with Crippen molar-refractivity contribution in [2.24, 2.45) is 10.9 Å². The number of rotatable bonds is 5. The van der Waals surface area contributed by atoms with Crippen LogP contribution >= 0.6 is 0 Å². The summed E-state index contributed by atoms with van der Waals surface area (Å²) in [6.45, 7) is 2.56. The molecule has 0 amide bonds. The van der Waals surface area contributed by atoms with E-state index in [9.17, 15) is 0 Å². The topological polar surface area (TPSA) is 77.1 Å². The molecule has 0 saturated heterocycles. The zero-order valence-corrected chi connectivity index (χ0v) is 8.51. The Morgan fingerprint density at radius 3 is 2.67 bits per heavy atom. The largest absolute Gasteiger partial charge is 0.494 e. The van der Waals surface area contributed by atoms with Crippen LogP contribution in [0.4, 0.5) is 0 Å². The second-order valence-corrected chi connectivity index (χ2v) is 2.79. The average molecular weight is 210 g/mol. The maximum absolute atomic E-state index is 8.31. The van der Waals surface area contributed by atoms with Gasteiger partial charge in [0.15, 0.2) is 5.84 Å². The lowest BCUT2D eigenvalue weighted by Gasteiger charge is -2.07. The quantitative estimate of drug-likeness (QED) is 0.331. The van der Waals surface area contributed by atoms with Gasteiger partial charge in [-0.2, -0.15) is 0 Å². The molecule has 1 aromatic carbocycles. The molecule has 82 valence electrons. The van der Waals surface area contributed by atoms with Crippen molar-refractivity contribution < 1.29 is 14.7 Å². The molecule has 0 fully saturated rings. The molecule has 0 aliphatic carbocycles. The maximum atomic E-state index is 8.31. The van der Waals surface area contributed by atoms with E-state index in [4.69, 9.17) is 20.4 Å². The molecule has 0 radical (unpaired) electrons. The molecule has 15 heavy (non-hydrogen) atoms. The van der Waals surface area contributed by atoms with Gasteiger partial charge in [0.25, 0.3) is 0 Å². The molecular weight excluding hydrogens is 196 g/mol. The van der Waals surface area contributed by atoms with Crippen LogP contribution in [0.25, 0.3) is 0 Å². The summed E-state index contributed by atoms with van der Waals surface area (Å²) in [5.74, 6) is 1.37. The lowest BCUT2D eigenvalue weighted by Crippen LogP contribution is -2.20. The highest BCUT2D eigenvalue weighted by Gasteiger charge is 1.98. The van der Waals surface area contributed by atoms with Crippen molar-refractivity contribution in [1.29, 1.82) is 0 Å². The normalized spacial score (nSPS) is 11.1. The van der Waals surface area contributed by atoms with Crippen molar-refractivity contribution >= 4 is 5.84 Å². The number of hydrogen-bond donors (Lipinski definition) is 2. The Morgan fingerprint density at radius 2 is 2.07 bits per heavy atom. The second-order valence-electron chi connectivity index (χ2n) is 2.79. The molecule has 0 heterocycles. The Balaban J connectivity index is 2.57. The van der Waals surface area contributed by atoms with Gasteiger partial charge < -0.3 is 20.4 Å². The predicted molar refractivity (Wildman–Crippen MR) is 56.5 cm³/mol. The first kappa shape index (κ1) is 11.2. The monoisotopic (exact) mass is 210 g/mol. The van der Waals surface area contributed by atoms with E-state index in [0.29, 0.717) is 12.4 Å². The van der Waals surface area contributed by atoms with Crippen LogP contribution in [-0.2, 0) is 0 Å². The molecule has 5 heteroatoms. The summed E-state index contributed by atoms with van der Waals surface area (Å²) in [5, 5.41) is 11.1. The molecule has 1 aromatic rings. The first-order valence-corrected chi connectivity index (χ1v) is 4.58. The zero-order chi connectivity index (χ0) is 11.1. The van der Waals surface area contributed by atoms with Crippen LogP contribution in [0.1, 0.15) is 6.92 Å². The van der Waals surface area contributed by atoms with Crippen molar-refractivity contribution in [2.45, 2.75) is 6.92 Å². The molecule has 0 aromatic heterocycles. The fourth-order valence-corrected chi connectivity index (χ4v) is 1.01. The Bertz CT molecular complexity index is 339. The first-order chi connectivity index (χ1) is 7.26. The van der Waals surface area contributed by atoms with Gasteiger partial charge in [-0.15, -0.1) is 0 Å². The second kappa shape index (κ2) is 5.74. The summed E-state index contributed by atoms with van der Waals surface area (Å²) in [5.41, 5.74) is 5.26. The summed E-state index contributed by atoms with van der Waals surface area (Å²) >= 11 is 0. The van der Waals surface area contributed by atoms with E-state index < -0.39 is 0 Å². The molecule has 0 aliphatic rings. The average Bonchev–Trinajstić information content (AvgIpc) is 2.27. The third kappa shape index (κ3) is 3.76. The zero-order valence-electron chi connectivity index (χ0n) is 8.51. The first-order valence-electron chi connectivity index (χ1n) is 4.58. The summed E-state index contributed by atoms with van der Waals surface area (Å²) in [6.07, 6.45) is 0. The molecule has 0 unspecified atom stereocenters. The molecular formula is C10H14N2O3. The van der Waals surface area contributed by atoms with Crippen LogP contribution in [0.3, 0.4) is 0 Å². The van der Waals surface area contributed by atoms with E-state index in [2.05, 4.69) is 5.16 Å². The number of ether oxygens (including phenoxy) is 2. The van der Waals surface area contributed by atoms with Gasteiger partial charge in [-0.25, -0.2) is 0 Å². The minimum Gasteiger partial charge on any atom is -0.494 e. The smallest absolute Gasteiger partial charge is 0.177 e. The highest BCUT2D eigenvalue weighted by Crippen LogP contribution is 2.19. The number of nitrogens with zero attached hydrogens (tertiary/aromatic N) is 1. The van der Waals surface area contributed by atoms with E-state index in [0.717, 1.165) is 5.75 Å². The Kier molecular flexibility index (Phi) is 4.28. The van der Waals surface area contributed by atoms with Crippen LogP contribution in [0.2, 0.25) is 0 Å². The lowest BCUT2D eigenvalue weighted by atomic mass is 10.3. The van der Waals surface area contributed by atoms with Gasteiger partial charge in [-0.1, -0.05) is 11.2 Å². The van der Waals surface area contributed by atoms with Gasteiger partial charge in [0, 0.05) is 6.07 Å². The van der Waals surface area contributed by atoms with Crippen molar-refractivity contribution in [1.82, 2.24) is 0 Å². The van der Waals surface area contributed by atoms with Crippen LogP contribution in [-0.4, -0.2) is 24.3 Å². The number of hydrogen-bond acceptors (Lipinski definition) is 4. The molecule has 0 bridgehead atoms. The van der Waals surface area contributed by atoms with E-state index in [1.807, 2.05) is 19.1 Å². The molecule has 1 rings (SSSR count). The third-order valence-electron chi connectivity index (χ3n) is 1.63. The SMILES string of the molecule is CCOc1cccc(OC/C(N)=N/O)c1. The van der Waals surface area contributed by atoms with Gasteiger partial charge in [-0.05, 0) is 19.1 Å². The lowest BCUT2D eigenvalue weighted by molar-refractivity contribution is 0.305. The van der Waals surface area contributed by atoms with Crippen LogP contribution < -0.4 is 15.2 Å². The van der Waals surface area contributed by atoms with Crippen molar-refractivity contribution in [2.75, 3.05) is 13.2 Å². The van der Waals surface area contributed by atoms with Crippen LogP contribution in [0, 0.1) is 0 Å². The molecule has 0 spiro atoms. The van der Waals surface area contributed by atoms with Gasteiger partial charge in [0.05, 0.1) is 6.61 Å². The molecule has 0 saturated carbocycles. The molecule has 0 aliphatic heterocycles. The molecule has 5 nitrogen and oxygen atoms in total. The van der Waals surface area contributed by atoms with E-state index in [1.165, 1.54) is 0 Å². The molecule has 3 N–H and O–H groups in total. The summed E-state index contributed by atoms with van der Waals surface area (Å²) in [7, 11) is 0. The number of oxime groups is 1. The summed E-state index contributed by atoms with van der Waals surface area (Å²) in [4.78, 5) is 0.